The average Bonchev–Trinajstić information content (AvgIpc) is 2.35. The van der Waals surface area contributed by atoms with Gasteiger partial charge in [0.05, 0.1) is 0 Å². The zero-order valence-electron chi connectivity index (χ0n) is 12.8. The molecule has 0 aromatic rings. The van der Waals surface area contributed by atoms with Crippen LogP contribution in [0.25, 0.3) is 0 Å². The lowest BCUT2D eigenvalue weighted by molar-refractivity contribution is -0.147. The molecule has 1 unspecified atom stereocenters. The highest BCUT2D eigenvalue weighted by molar-refractivity contribution is 9.09. The minimum Gasteiger partial charge on any atom is -0.352 e. The molecular weight excluding hydrogens is 314 g/mol. The lowest BCUT2D eigenvalue weighted by Crippen LogP contribution is -2.55. The number of carbonyl (C=O) groups is 1. The van der Waals surface area contributed by atoms with Crippen molar-refractivity contribution in [2.75, 3.05) is 5.33 Å². The number of hydrogen-bond donors (Lipinski definition) is 1. The summed E-state index contributed by atoms with van der Waals surface area (Å²) in [6.45, 7) is 4.46. The molecule has 4 saturated carbocycles. The van der Waals surface area contributed by atoms with Crippen LogP contribution in [0.2, 0.25) is 0 Å². The highest BCUT2D eigenvalue weighted by Crippen LogP contribution is 2.60. The van der Waals surface area contributed by atoms with Crippen LogP contribution in [0.15, 0.2) is 0 Å². The molecule has 2 nitrogen and oxygen atoms in total. The first-order valence-corrected chi connectivity index (χ1v) is 9.50. The van der Waals surface area contributed by atoms with Crippen molar-refractivity contribution in [3.8, 4) is 0 Å². The van der Waals surface area contributed by atoms with Gasteiger partial charge in [0.1, 0.15) is 0 Å². The molecule has 0 heterocycles. The number of halogens is 1. The molecule has 1 N–H and O–H groups in total. The van der Waals surface area contributed by atoms with Gasteiger partial charge in [-0.2, -0.15) is 0 Å². The van der Waals surface area contributed by atoms with E-state index < -0.39 is 0 Å². The van der Waals surface area contributed by atoms with Crippen LogP contribution in [-0.2, 0) is 4.79 Å². The second kappa shape index (κ2) is 5.62. The first-order chi connectivity index (χ1) is 9.50. The van der Waals surface area contributed by atoms with E-state index in [2.05, 4.69) is 35.1 Å². The largest absolute Gasteiger partial charge is 0.352 e. The van der Waals surface area contributed by atoms with E-state index in [1.54, 1.807) is 0 Å². The number of carbonyl (C=O) groups excluding carboxylic acids is 1. The molecule has 0 aromatic heterocycles. The molecule has 0 aromatic carbocycles. The molecule has 4 fully saturated rings. The molecular formula is C17H28BrNO. The van der Waals surface area contributed by atoms with E-state index in [4.69, 9.17) is 0 Å². The summed E-state index contributed by atoms with van der Waals surface area (Å²) in [6, 6.07) is 0.301. The predicted molar refractivity (Wildman–Crippen MR) is 85.8 cm³/mol. The van der Waals surface area contributed by atoms with Gasteiger partial charge in [-0.1, -0.05) is 29.8 Å². The molecule has 20 heavy (non-hydrogen) atoms. The van der Waals surface area contributed by atoms with Crippen LogP contribution in [-0.4, -0.2) is 17.3 Å². The van der Waals surface area contributed by atoms with Crippen LogP contribution < -0.4 is 5.32 Å². The Bertz CT molecular complexity index is 344. The van der Waals surface area contributed by atoms with E-state index in [9.17, 15) is 4.79 Å². The van der Waals surface area contributed by atoms with Gasteiger partial charge in [-0.05, 0) is 68.6 Å². The molecule has 1 amide bonds. The molecule has 1 atom stereocenters. The van der Waals surface area contributed by atoms with Crippen molar-refractivity contribution in [2.45, 2.75) is 64.8 Å². The van der Waals surface area contributed by atoms with Crippen molar-refractivity contribution in [1.82, 2.24) is 5.32 Å². The zero-order valence-corrected chi connectivity index (χ0v) is 14.4. The van der Waals surface area contributed by atoms with Gasteiger partial charge in [0.25, 0.3) is 0 Å². The van der Waals surface area contributed by atoms with Crippen molar-refractivity contribution in [1.29, 1.82) is 0 Å². The second-order valence-electron chi connectivity index (χ2n) is 8.15. The smallest absolute Gasteiger partial charge is 0.226 e. The molecule has 4 aliphatic rings. The predicted octanol–water partition coefficient (Wildman–Crippen LogP) is 4.13. The maximum absolute atomic E-state index is 12.9. The molecule has 114 valence electrons. The minimum absolute atomic E-state index is 0.00610. The van der Waals surface area contributed by atoms with Crippen LogP contribution in [0.1, 0.15) is 58.8 Å². The fourth-order valence-corrected chi connectivity index (χ4v) is 5.88. The minimum atomic E-state index is 0.00610. The summed E-state index contributed by atoms with van der Waals surface area (Å²) in [5.41, 5.74) is 0.00610. The van der Waals surface area contributed by atoms with E-state index >= 15 is 0 Å². The first kappa shape index (κ1) is 14.9. The third-order valence-corrected chi connectivity index (χ3v) is 6.58. The zero-order chi connectivity index (χ0) is 14.3. The van der Waals surface area contributed by atoms with Crippen LogP contribution in [0.3, 0.4) is 0 Å². The second-order valence-corrected chi connectivity index (χ2v) is 8.80. The Morgan fingerprint density at radius 3 is 2.05 bits per heavy atom. The number of amides is 1. The molecule has 4 rings (SSSR count). The van der Waals surface area contributed by atoms with Crippen LogP contribution in [0, 0.1) is 29.1 Å². The van der Waals surface area contributed by atoms with Crippen molar-refractivity contribution in [3.63, 3.8) is 0 Å². The molecule has 0 saturated heterocycles. The Morgan fingerprint density at radius 1 is 1.15 bits per heavy atom. The third-order valence-electron chi connectivity index (χ3n) is 5.80. The monoisotopic (exact) mass is 341 g/mol. The van der Waals surface area contributed by atoms with Crippen molar-refractivity contribution in [3.05, 3.63) is 0 Å². The van der Waals surface area contributed by atoms with E-state index in [1.165, 1.54) is 38.5 Å². The molecule has 0 aliphatic heterocycles. The Labute approximate surface area is 131 Å². The average molecular weight is 342 g/mol. The number of rotatable bonds is 5. The van der Waals surface area contributed by atoms with E-state index in [0.717, 1.165) is 29.5 Å². The quantitative estimate of drug-likeness (QED) is 0.748. The van der Waals surface area contributed by atoms with Gasteiger partial charge in [-0.15, -0.1) is 0 Å². The van der Waals surface area contributed by atoms with E-state index in [-0.39, 0.29) is 5.41 Å². The van der Waals surface area contributed by atoms with Crippen molar-refractivity contribution < 1.29 is 4.79 Å². The lowest BCUT2D eigenvalue weighted by atomic mass is 9.49. The fraction of sp³-hybridized carbons (Fsp3) is 0.941. The summed E-state index contributed by atoms with van der Waals surface area (Å²) in [7, 11) is 0. The van der Waals surface area contributed by atoms with Crippen LogP contribution in [0.5, 0.6) is 0 Å². The van der Waals surface area contributed by atoms with Gasteiger partial charge in [0, 0.05) is 16.8 Å². The van der Waals surface area contributed by atoms with Gasteiger partial charge in [-0.3, -0.25) is 4.79 Å². The topological polar surface area (TPSA) is 29.1 Å². The number of nitrogens with one attached hydrogen (secondary N) is 1. The summed E-state index contributed by atoms with van der Waals surface area (Å²) >= 11 is 3.57. The summed E-state index contributed by atoms with van der Waals surface area (Å²) in [6.07, 6.45) is 8.79. The maximum atomic E-state index is 12.9. The third kappa shape index (κ3) is 2.80. The van der Waals surface area contributed by atoms with Gasteiger partial charge < -0.3 is 5.32 Å². The van der Waals surface area contributed by atoms with Crippen molar-refractivity contribution >= 4 is 21.8 Å². The fourth-order valence-electron chi connectivity index (χ4n) is 5.46. The first-order valence-electron chi connectivity index (χ1n) is 8.37. The summed E-state index contributed by atoms with van der Waals surface area (Å²) in [5.74, 6) is 3.55. The molecule has 0 spiro atoms. The van der Waals surface area contributed by atoms with Crippen LogP contribution in [0.4, 0.5) is 0 Å². The normalized spacial score (nSPS) is 40.1. The van der Waals surface area contributed by atoms with Gasteiger partial charge in [0.2, 0.25) is 5.91 Å². The van der Waals surface area contributed by atoms with E-state index in [0.29, 0.717) is 17.9 Å². The highest BCUT2D eigenvalue weighted by atomic mass is 79.9. The number of alkyl halides is 1. The molecule has 4 aliphatic carbocycles. The summed E-state index contributed by atoms with van der Waals surface area (Å²) < 4.78 is 0. The van der Waals surface area contributed by atoms with Gasteiger partial charge in [-0.25, -0.2) is 0 Å². The highest BCUT2D eigenvalue weighted by Gasteiger charge is 2.54. The Morgan fingerprint density at radius 2 is 1.65 bits per heavy atom. The van der Waals surface area contributed by atoms with E-state index in [1.807, 2.05) is 0 Å². The summed E-state index contributed by atoms with van der Waals surface area (Å²) in [5, 5.41) is 4.25. The van der Waals surface area contributed by atoms with Crippen LogP contribution >= 0.6 is 15.9 Å². The maximum Gasteiger partial charge on any atom is 0.226 e. The number of hydrogen-bond acceptors (Lipinski definition) is 1. The Kier molecular flexibility index (Phi) is 4.18. The summed E-state index contributed by atoms with van der Waals surface area (Å²) in [4.78, 5) is 12.9. The Balaban J connectivity index is 1.67. The molecule has 0 radical (unpaired) electrons. The lowest BCUT2D eigenvalue weighted by Gasteiger charge is -2.55. The van der Waals surface area contributed by atoms with Gasteiger partial charge in [0.15, 0.2) is 0 Å². The standard InChI is InChI=1S/C17H28BrNO/c1-11(2)3-15(10-18)19-16(20)17-7-12-4-13(8-17)6-14(5-12)9-17/h11-15H,3-10H2,1-2H3,(H,19,20). The SMILES string of the molecule is CC(C)CC(CBr)NC(=O)C12CC3CC(CC(C3)C1)C2. The Hall–Kier alpha value is -0.0500. The van der Waals surface area contributed by atoms with Gasteiger partial charge >= 0.3 is 0 Å². The van der Waals surface area contributed by atoms with Crippen molar-refractivity contribution in [2.24, 2.45) is 29.1 Å². The molecule has 4 bridgehead atoms. The molecule has 3 heteroatoms.